The van der Waals surface area contributed by atoms with Crippen molar-refractivity contribution in [3.05, 3.63) is 36.2 Å². The van der Waals surface area contributed by atoms with E-state index in [1.54, 1.807) is 35.9 Å². The first-order valence-corrected chi connectivity index (χ1v) is 11.3. The first-order valence-electron chi connectivity index (χ1n) is 11.3. The maximum Gasteiger partial charge on any atom is 0.274 e. The van der Waals surface area contributed by atoms with Crippen LogP contribution in [0.5, 0.6) is 5.88 Å². The Morgan fingerprint density at radius 2 is 1.94 bits per heavy atom. The molecule has 1 saturated carbocycles. The number of rotatable bonds is 6. The van der Waals surface area contributed by atoms with E-state index in [2.05, 4.69) is 25.0 Å². The molecule has 1 amide bonds. The third-order valence-electron chi connectivity index (χ3n) is 6.20. The molecule has 1 saturated heterocycles. The molecule has 184 valence electrons. The van der Waals surface area contributed by atoms with E-state index in [-0.39, 0.29) is 35.6 Å². The highest BCUT2D eigenvalue weighted by Crippen LogP contribution is 2.34. The number of anilines is 2. The van der Waals surface area contributed by atoms with Crippen LogP contribution in [-0.4, -0.2) is 86.0 Å². The molecule has 12 nitrogen and oxygen atoms in total. The molecule has 2 aliphatic rings. The number of aryl methyl sites for hydroxylation is 1. The zero-order valence-corrected chi connectivity index (χ0v) is 19.5. The lowest BCUT2D eigenvalue weighted by Crippen LogP contribution is -2.50. The second-order valence-corrected chi connectivity index (χ2v) is 8.58. The van der Waals surface area contributed by atoms with Gasteiger partial charge >= 0.3 is 0 Å². The minimum absolute atomic E-state index is 0.0369. The monoisotopic (exact) mass is 483 g/mol. The second kappa shape index (κ2) is 9.41. The standard InChI is InChI=1S/C22H26FN9O3/c1-30-4-3-16(29-30)20(33)31(2)14-9-15(10-14)35-19-17(23)18(13-11-25-21(24)26-12-13)27-22(28-19)32-5-7-34-8-6-32/h3-4,11-12,14-15H,5-10H2,1-2H3,(H2,24,25,26)/t14-,15-. The molecule has 13 heteroatoms. The lowest BCUT2D eigenvalue weighted by molar-refractivity contribution is 0.0214. The number of hydrogen-bond donors (Lipinski definition) is 1. The fourth-order valence-electron chi connectivity index (χ4n) is 4.03. The predicted molar refractivity (Wildman–Crippen MR) is 123 cm³/mol. The van der Waals surface area contributed by atoms with Gasteiger partial charge in [-0.2, -0.15) is 14.5 Å². The van der Waals surface area contributed by atoms with Crippen molar-refractivity contribution in [3.8, 4) is 17.1 Å². The number of carbonyl (C=O) groups is 1. The van der Waals surface area contributed by atoms with Crippen LogP contribution in [0.25, 0.3) is 11.3 Å². The van der Waals surface area contributed by atoms with Crippen molar-refractivity contribution in [3.63, 3.8) is 0 Å². The average Bonchev–Trinajstić information content (AvgIpc) is 3.28. The topological polar surface area (TPSA) is 137 Å². The van der Waals surface area contributed by atoms with E-state index in [9.17, 15) is 4.79 Å². The SMILES string of the molecule is Cn1ccc(C(=O)N(C)[C@H]2C[C@H](Oc3nc(N4CCOCC4)nc(-c4cnc(N)nc4)c3F)C2)n1. The second-order valence-electron chi connectivity index (χ2n) is 8.58. The highest BCUT2D eigenvalue weighted by atomic mass is 19.1. The summed E-state index contributed by atoms with van der Waals surface area (Å²) >= 11 is 0. The molecular weight excluding hydrogens is 457 g/mol. The van der Waals surface area contributed by atoms with Crippen LogP contribution in [0.15, 0.2) is 24.7 Å². The number of carbonyl (C=O) groups excluding carboxylic acids is 1. The van der Waals surface area contributed by atoms with Gasteiger partial charge in [0.2, 0.25) is 17.7 Å². The summed E-state index contributed by atoms with van der Waals surface area (Å²) in [5, 5.41) is 4.16. The Morgan fingerprint density at radius 3 is 2.60 bits per heavy atom. The molecule has 0 radical (unpaired) electrons. The van der Waals surface area contributed by atoms with E-state index < -0.39 is 5.82 Å². The van der Waals surface area contributed by atoms with Crippen molar-refractivity contribution in [1.29, 1.82) is 0 Å². The molecule has 2 fully saturated rings. The van der Waals surface area contributed by atoms with E-state index in [1.165, 1.54) is 12.4 Å². The van der Waals surface area contributed by atoms with Gasteiger partial charge in [0.15, 0.2) is 0 Å². The van der Waals surface area contributed by atoms with Crippen molar-refractivity contribution < 1.29 is 18.7 Å². The first kappa shape index (κ1) is 22.9. The number of hydrogen-bond acceptors (Lipinski definition) is 10. The molecule has 0 atom stereocenters. The summed E-state index contributed by atoms with van der Waals surface area (Å²) in [5.41, 5.74) is 6.36. The number of halogens is 1. The van der Waals surface area contributed by atoms with Crippen molar-refractivity contribution >= 4 is 17.8 Å². The fraction of sp³-hybridized carbons (Fsp3) is 0.455. The summed E-state index contributed by atoms with van der Waals surface area (Å²) in [6.07, 6.45) is 5.35. The summed E-state index contributed by atoms with van der Waals surface area (Å²) in [4.78, 5) is 32.9. The minimum Gasteiger partial charge on any atom is -0.472 e. The molecule has 4 heterocycles. The van der Waals surface area contributed by atoms with Gasteiger partial charge in [0.1, 0.15) is 17.5 Å². The van der Waals surface area contributed by atoms with Crippen LogP contribution in [0.2, 0.25) is 0 Å². The van der Waals surface area contributed by atoms with Crippen LogP contribution in [0.3, 0.4) is 0 Å². The van der Waals surface area contributed by atoms with Crippen LogP contribution >= 0.6 is 0 Å². The maximum atomic E-state index is 15.5. The smallest absolute Gasteiger partial charge is 0.274 e. The van der Waals surface area contributed by atoms with Gasteiger partial charge in [-0.3, -0.25) is 9.48 Å². The molecule has 0 unspecified atom stereocenters. The molecule has 0 aromatic carbocycles. The fourth-order valence-corrected chi connectivity index (χ4v) is 4.03. The van der Waals surface area contributed by atoms with Crippen LogP contribution in [0, 0.1) is 5.82 Å². The Hall–Kier alpha value is -3.87. The predicted octanol–water partition coefficient (Wildman–Crippen LogP) is 0.907. The van der Waals surface area contributed by atoms with E-state index in [4.69, 9.17) is 15.2 Å². The highest BCUT2D eigenvalue weighted by molar-refractivity contribution is 5.92. The lowest BCUT2D eigenvalue weighted by atomic mass is 9.88. The van der Waals surface area contributed by atoms with E-state index in [0.717, 1.165) is 0 Å². The van der Waals surface area contributed by atoms with Gasteiger partial charge in [-0.1, -0.05) is 0 Å². The normalized spacial score (nSPS) is 19.8. The van der Waals surface area contributed by atoms with Crippen LogP contribution in [0.4, 0.5) is 16.3 Å². The van der Waals surface area contributed by atoms with Crippen molar-refractivity contribution in [1.82, 2.24) is 34.6 Å². The van der Waals surface area contributed by atoms with E-state index in [1.807, 2.05) is 4.90 Å². The Bertz CT molecular complexity index is 1210. The zero-order valence-electron chi connectivity index (χ0n) is 19.5. The molecule has 0 spiro atoms. The Kier molecular flexibility index (Phi) is 6.16. The van der Waals surface area contributed by atoms with Crippen molar-refractivity contribution in [2.24, 2.45) is 7.05 Å². The van der Waals surface area contributed by atoms with Gasteiger partial charge in [0.05, 0.1) is 13.2 Å². The molecule has 0 bridgehead atoms. The molecule has 2 N–H and O–H groups in total. The Balaban J connectivity index is 1.34. The number of nitrogen functional groups attached to an aromatic ring is 1. The van der Waals surface area contributed by atoms with Gasteiger partial charge in [-0.15, -0.1) is 0 Å². The Labute approximate surface area is 200 Å². The van der Waals surface area contributed by atoms with Crippen molar-refractivity contribution in [2.45, 2.75) is 25.0 Å². The summed E-state index contributed by atoms with van der Waals surface area (Å²) in [7, 11) is 3.50. The summed E-state index contributed by atoms with van der Waals surface area (Å²) in [6.45, 7) is 2.21. The average molecular weight is 484 g/mol. The van der Waals surface area contributed by atoms with Gasteiger partial charge < -0.3 is 25.0 Å². The molecule has 3 aromatic rings. The maximum absolute atomic E-state index is 15.5. The summed E-state index contributed by atoms with van der Waals surface area (Å²) in [6, 6.07) is 1.64. The van der Waals surface area contributed by atoms with Gasteiger partial charge in [0, 0.05) is 70.2 Å². The quantitative estimate of drug-likeness (QED) is 0.538. The van der Waals surface area contributed by atoms with Gasteiger partial charge in [-0.05, 0) is 6.07 Å². The van der Waals surface area contributed by atoms with Gasteiger partial charge in [0.25, 0.3) is 11.8 Å². The molecule has 1 aliphatic heterocycles. The molecule has 35 heavy (non-hydrogen) atoms. The molecule has 1 aliphatic carbocycles. The number of amides is 1. The molecule has 5 rings (SSSR count). The van der Waals surface area contributed by atoms with E-state index in [0.29, 0.717) is 56.4 Å². The van der Waals surface area contributed by atoms with Crippen molar-refractivity contribution in [2.75, 3.05) is 44.0 Å². The van der Waals surface area contributed by atoms with Crippen LogP contribution in [0.1, 0.15) is 23.3 Å². The molecule has 3 aromatic heterocycles. The molecular formula is C22H26FN9O3. The lowest BCUT2D eigenvalue weighted by Gasteiger charge is -2.40. The summed E-state index contributed by atoms with van der Waals surface area (Å²) < 4.78 is 28.4. The number of ether oxygens (including phenoxy) is 2. The largest absolute Gasteiger partial charge is 0.472 e. The Morgan fingerprint density at radius 1 is 1.23 bits per heavy atom. The first-order chi connectivity index (χ1) is 16.9. The number of morpholine rings is 1. The minimum atomic E-state index is -0.697. The third kappa shape index (κ3) is 4.71. The van der Waals surface area contributed by atoms with Crippen LogP contribution < -0.4 is 15.4 Å². The summed E-state index contributed by atoms with van der Waals surface area (Å²) in [5.74, 6) is -0.581. The number of nitrogens with zero attached hydrogens (tertiary/aromatic N) is 8. The zero-order chi connectivity index (χ0) is 24.5. The number of aromatic nitrogens is 6. The van der Waals surface area contributed by atoms with Gasteiger partial charge in [-0.25, -0.2) is 15.0 Å². The van der Waals surface area contributed by atoms with Crippen LogP contribution in [-0.2, 0) is 11.8 Å². The third-order valence-corrected chi connectivity index (χ3v) is 6.20. The van der Waals surface area contributed by atoms with E-state index >= 15 is 4.39 Å². The number of nitrogens with two attached hydrogens (primary N) is 1. The highest BCUT2D eigenvalue weighted by Gasteiger charge is 2.37.